The van der Waals surface area contributed by atoms with Crippen LogP contribution >= 0.6 is 23.2 Å². The molecule has 0 radical (unpaired) electrons. The van der Waals surface area contributed by atoms with Crippen molar-refractivity contribution in [1.29, 1.82) is 0 Å². The van der Waals surface area contributed by atoms with E-state index in [0.717, 1.165) is 84.6 Å². The van der Waals surface area contributed by atoms with E-state index in [4.69, 9.17) is 47.4 Å². The second kappa shape index (κ2) is 13.6. The zero-order valence-electron chi connectivity index (χ0n) is 29.6. The highest BCUT2D eigenvalue weighted by molar-refractivity contribution is 6.39. The third kappa shape index (κ3) is 6.29. The number of esters is 1. The van der Waals surface area contributed by atoms with E-state index < -0.39 is 0 Å². The summed E-state index contributed by atoms with van der Waals surface area (Å²) in [5.74, 6) is 1.34. The molecule has 2 saturated heterocycles. The van der Waals surface area contributed by atoms with Crippen molar-refractivity contribution in [2.45, 2.75) is 38.8 Å². The van der Waals surface area contributed by atoms with E-state index in [1.165, 1.54) is 12.7 Å². The van der Waals surface area contributed by atoms with Crippen LogP contribution < -0.4 is 14.8 Å². The molecule has 1 aliphatic carbocycles. The molecule has 1 spiro atoms. The van der Waals surface area contributed by atoms with Crippen LogP contribution in [0.2, 0.25) is 10.0 Å². The molecule has 3 fully saturated rings. The molecule has 0 bridgehead atoms. The van der Waals surface area contributed by atoms with Crippen LogP contribution in [0.3, 0.4) is 0 Å². The van der Waals surface area contributed by atoms with Gasteiger partial charge >= 0.3 is 5.97 Å². The summed E-state index contributed by atoms with van der Waals surface area (Å²) in [5, 5.41) is 3.98. The number of carbonyl (C=O) groups is 2. The van der Waals surface area contributed by atoms with Gasteiger partial charge in [-0.3, -0.25) is 24.4 Å². The first kappa shape index (κ1) is 34.8. The molecule has 270 valence electrons. The summed E-state index contributed by atoms with van der Waals surface area (Å²) in [5.41, 5.74) is 7.44. The van der Waals surface area contributed by atoms with Crippen molar-refractivity contribution in [3.8, 4) is 45.3 Å². The van der Waals surface area contributed by atoms with Gasteiger partial charge < -0.3 is 19.5 Å². The lowest BCUT2D eigenvalue weighted by Crippen LogP contribution is -2.56. The maximum absolute atomic E-state index is 12.4. The van der Waals surface area contributed by atoms with Gasteiger partial charge in [0, 0.05) is 97.2 Å². The number of pyridine rings is 2. The molecular formula is C40H41Cl2N5O5. The van der Waals surface area contributed by atoms with Crippen LogP contribution in [0.15, 0.2) is 54.7 Å². The highest BCUT2D eigenvalue weighted by Crippen LogP contribution is 2.49. The highest BCUT2D eigenvalue weighted by Gasteiger charge is 2.52. The van der Waals surface area contributed by atoms with Gasteiger partial charge in [-0.15, -0.1) is 0 Å². The maximum Gasteiger partial charge on any atom is 0.313 e. The number of amides is 1. The first-order valence-corrected chi connectivity index (χ1v) is 18.4. The Bertz CT molecular complexity index is 2060. The number of nitrogens with zero attached hydrogens (tertiary/aromatic N) is 4. The number of halogens is 2. The van der Waals surface area contributed by atoms with Gasteiger partial charge in [0.15, 0.2) is 0 Å². The van der Waals surface area contributed by atoms with Crippen LogP contribution in [0.25, 0.3) is 33.6 Å². The number of hydrogen-bond acceptors (Lipinski definition) is 9. The lowest BCUT2D eigenvalue weighted by Gasteiger charge is -2.47. The van der Waals surface area contributed by atoms with E-state index >= 15 is 0 Å². The summed E-state index contributed by atoms with van der Waals surface area (Å²) in [4.78, 5) is 38.4. The summed E-state index contributed by atoms with van der Waals surface area (Å²) in [6.07, 6.45) is 4.90. The molecule has 1 amide bonds. The second-order valence-corrected chi connectivity index (χ2v) is 15.5. The number of methoxy groups -OCH3 is 3. The van der Waals surface area contributed by atoms with Crippen LogP contribution in [0, 0.1) is 10.8 Å². The van der Waals surface area contributed by atoms with Crippen LogP contribution in [0.5, 0.6) is 11.6 Å². The number of nitrogens with one attached hydrogen (secondary N) is 1. The minimum Gasteiger partial charge on any atom is -0.496 e. The molecule has 0 atom stereocenters. The molecule has 0 unspecified atom stereocenters. The average Bonchev–Trinajstić information content (AvgIpc) is 3.82. The number of likely N-dealkylation sites (tertiary alicyclic amines) is 1. The van der Waals surface area contributed by atoms with Gasteiger partial charge in [0.25, 0.3) is 0 Å². The fourth-order valence-electron chi connectivity index (χ4n) is 8.30. The molecule has 52 heavy (non-hydrogen) atoms. The predicted molar refractivity (Wildman–Crippen MR) is 199 cm³/mol. The quantitative estimate of drug-likeness (QED) is 0.184. The Morgan fingerprint density at radius 1 is 0.962 bits per heavy atom. The van der Waals surface area contributed by atoms with Gasteiger partial charge in [-0.25, -0.2) is 4.98 Å². The molecule has 1 N–H and O–H groups in total. The van der Waals surface area contributed by atoms with E-state index in [0.29, 0.717) is 53.4 Å². The molecule has 5 heterocycles. The average molecular weight is 743 g/mol. The zero-order chi connectivity index (χ0) is 36.2. The number of ether oxygens (including phenoxy) is 3. The summed E-state index contributed by atoms with van der Waals surface area (Å²) in [7, 11) is 4.77. The lowest BCUT2D eigenvalue weighted by atomic mass is 9.79. The van der Waals surface area contributed by atoms with E-state index in [2.05, 4.69) is 21.2 Å². The third-order valence-corrected chi connectivity index (χ3v) is 12.0. The number of hydrogen-bond donors (Lipinski definition) is 1. The Morgan fingerprint density at radius 3 is 2.46 bits per heavy atom. The lowest BCUT2D eigenvalue weighted by molar-refractivity contribution is -0.148. The predicted octanol–water partition coefficient (Wildman–Crippen LogP) is 6.43. The molecule has 12 heteroatoms. The normalized spacial score (nSPS) is 18.8. The number of carbonyl (C=O) groups excluding carboxylic acids is 2. The SMILES string of the molecule is COC(=O)C1(CN2CCc3cc(-c4nccc(-c5cccc(-c6ccc(CN7CC8(CNC(=O)C8)C7)c(OC)n6)c5Cl)c4Cl)cc(OC)c3C2)CC1. The molecule has 2 aromatic carbocycles. The van der Waals surface area contributed by atoms with Crippen LogP contribution in [0.4, 0.5) is 0 Å². The van der Waals surface area contributed by atoms with Gasteiger partial charge in [0.2, 0.25) is 11.8 Å². The minimum absolute atomic E-state index is 0.0565. The van der Waals surface area contributed by atoms with E-state index in [1.54, 1.807) is 20.4 Å². The van der Waals surface area contributed by atoms with Crippen molar-refractivity contribution in [1.82, 2.24) is 25.1 Å². The van der Waals surface area contributed by atoms with Crippen molar-refractivity contribution in [3.63, 3.8) is 0 Å². The third-order valence-electron chi connectivity index (χ3n) is 11.2. The number of fused-ring (bicyclic) bond motifs is 1. The van der Waals surface area contributed by atoms with Gasteiger partial charge in [0.1, 0.15) is 5.75 Å². The van der Waals surface area contributed by atoms with Crippen LogP contribution in [0.1, 0.15) is 36.0 Å². The van der Waals surface area contributed by atoms with Crippen LogP contribution in [-0.2, 0) is 33.8 Å². The first-order chi connectivity index (χ1) is 25.1. The van der Waals surface area contributed by atoms with Crippen molar-refractivity contribution in [2.75, 3.05) is 54.1 Å². The standard InChI is InChI=1S/C40H41Cl2N5O5/c1-50-32-16-26(15-24-10-14-46(19-30(24)32)23-40(11-12-40)38(49)52-3)36-35(42)28(9-13-43-36)27-5-4-6-29(34(27)41)31-8-7-25(37(45-31)51-2)18-47-21-39(22-47)17-33(48)44-20-39/h4-9,13,15-16H,10-12,14,17-23H2,1-3H3,(H,44,48). The Balaban J connectivity index is 1.04. The van der Waals surface area contributed by atoms with Gasteiger partial charge in [-0.2, -0.15) is 0 Å². The summed E-state index contributed by atoms with van der Waals surface area (Å²) >= 11 is 14.3. The smallest absolute Gasteiger partial charge is 0.313 e. The fraction of sp³-hybridized carbons (Fsp3) is 0.400. The van der Waals surface area contributed by atoms with E-state index in [1.807, 2.05) is 42.5 Å². The van der Waals surface area contributed by atoms with E-state index in [-0.39, 0.29) is 22.7 Å². The largest absolute Gasteiger partial charge is 0.496 e. The highest BCUT2D eigenvalue weighted by atomic mass is 35.5. The van der Waals surface area contributed by atoms with Crippen molar-refractivity contribution < 1.29 is 23.8 Å². The Labute approximate surface area is 313 Å². The molecule has 4 aliphatic rings. The van der Waals surface area contributed by atoms with Crippen LogP contribution in [-0.4, -0.2) is 85.7 Å². The molecule has 4 aromatic rings. The molecule has 8 rings (SSSR count). The van der Waals surface area contributed by atoms with Gasteiger partial charge in [0.05, 0.1) is 48.2 Å². The first-order valence-electron chi connectivity index (χ1n) is 17.6. The molecule has 3 aliphatic heterocycles. The monoisotopic (exact) mass is 741 g/mol. The number of benzene rings is 2. The molecular weight excluding hydrogens is 701 g/mol. The topological polar surface area (TPSA) is 106 Å². The molecule has 1 saturated carbocycles. The van der Waals surface area contributed by atoms with Crippen molar-refractivity contribution in [3.05, 3.63) is 81.5 Å². The number of aromatic nitrogens is 2. The molecule has 10 nitrogen and oxygen atoms in total. The summed E-state index contributed by atoms with van der Waals surface area (Å²) in [6.45, 7) is 5.39. The Morgan fingerprint density at radius 2 is 1.75 bits per heavy atom. The second-order valence-electron chi connectivity index (χ2n) is 14.7. The zero-order valence-corrected chi connectivity index (χ0v) is 31.1. The summed E-state index contributed by atoms with van der Waals surface area (Å²) < 4.78 is 16.8. The fourth-order valence-corrected chi connectivity index (χ4v) is 8.95. The minimum atomic E-state index is -0.378. The van der Waals surface area contributed by atoms with Gasteiger partial charge in [-0.1, -0.05) is 47.5 Å². The maximum atomic E-state index is 12.4. The number of rotatable bonds is 10. The Kier molecular flexibility index (Phi) is 9.14. The summed E-state index contributed by atoms with van der Waals surface area (Å²) in [6, 6.07) is 15.9. The van der Waals surface area contributed by atoms with Crippen molar-refractivity contribution in [2.24, 2.45) is 10.8 Å². The van der Waals surface area contributed by atoms with Crippen molar-refractivity contribution >= 4 is 35.1 Å². The van der Waals surface area contributed by atoms with E-state index in [9.17, 15) is 9.59 Å². The molecule has 2 aromatic heterocycles. The Hall–Kier alpha value is -4.22. The van der Waals surface area contributed by atoms with Gasteiger partial charge in [-0.05, 0) is 49.1 Å².